The minimum Gasteiger partial charge on any atom is -0.377 e. The van der Waals surface area contributed by atoms with Crippen molar-refractivity contribution in [2.24, 2.45) is 0 Å². The van der Waals surface area contributed by atoms with Gasteiger partial charge in [-0.3, -0.25) is 0 Å². The van der Waals surface area contributed by atoms with Gasteiger partial charge in [-0.25, -0.2) is 0 Å². The van der Waals surface area contributed by atoms with Crippen molar-refractivity contribution in [1.29, 1.82) is 0 Å². The summed E-state index contributed by atoms with van der Waals surface area (Å²) in [6.45, 7) is 6.31. The fourth-order valence-electron chi connectivity index (χ4n) is 1.33. The summed E-state index contributed by atoms with van der Waals surface area (Å²) in [7, 11) is 1.98. The normalized spacial score (nSPS) is 13.2. The molecule has 0 heterocycles. The van der Waals surface area contributed by atoms with E-state index in [0.29, 0.717) is 6.10 Å². The first-order valence-corrected chi connectivity index (χ1v) is 5.61. The van der Waals surface area contributed by atoms with Crippen LogP contribution in [-0.4, -0.2) is 26.3 Å². The third-order valence-electron chi connectivity index (χ3n) is 2.24. The fourth-order valence-corrected chi connectivity index (χ4v) is 1.33. The van der Waals surface area contributed by atoms with Gasteiger partial charge in [0.15, 0.2) is 0 Å². The lowest BCUT2D eigenvalue weighted by Gasteiger charge is -2.15. The number of unbranched alkanes of at least 4 members (excludes halogenated alkanes) is 3. The molecule has 1 N–H and O–H groups in total. The number of likely N-dealkylation sites (N-methyl/N-ethyl adjacent to an activating group) is 1. The minimum atomic E-state index is 0.409. The predicted octanol–water partition coefficient (Wildman–Crippen LogP) is 2.58. The number of hydrogen-bond donors (Lipinski definition) is 1. The summed E-state index contributed by atoms with van der Waals surface area (Å²) in [6, 6.07) is 0. The standard InChI is InChI=1S/C11H25NO/c1-4-6-7-8-9-13-11(5-2)10-12-3/h11-12H,4-10H2,1-3H3. The molecule has 0 aromatic heterocycles. The van der Waals surface area contributed by atoms with Gasteiger partial charge in [-0.1, -0.05) is 33.1 Å². The summed E-state index contributed by atoms with van der Waals surface area (Å²) in [6.07, 6.45) is 6.68. The highest BCUT2D eigenvalue weighted by Crippen LogP contribution is 2.02. The third-order valence-corrected chi connectivity index (χ3v) is 2.24. The zero-order chi connectivity index (χ0) is 9.94. The molecule has 0 radical (unpaired) electrons. The first-order valence-electron chi connectivity index (χ1n) is 5.61. The molecule has 0 fully saturated rings. The number of rotatable bonds is 9. The second-order valence-corrected chi connectivity index (χ2v) is 3.52. The van der Waals surface area contributed by atoms with Gasteiger partial charge in [0.25, 0.3) is 0 Å². The van der Waals surface area contributed by atoms with Crippen LogP contribution in [0.15, 0.2) is 0 Å². The smallest absolute Gasteiger partial charge is 0.0696 e. The molecule has 0 amide bonds. The van der Waals surface area contributed by atoms with Gasteiger partial charge < -0.3 is 10.1 Å². The largest absolute Gasteiger partial charge is 0.377 e. The first-order chi connectivity index (χ1) is 6.35. The Bertz CT molecular complexity index is 96.1. The van der Waals surface area contributed by atoms with Gasteiger partial charge in [0.05, 0.1) is 6.10 Å². The summed E-state index contributed by atoms with van der Waals surface area (Å²) >= 11 is 0. The van der Waals surface area contributed by atoms with Crippen molar-refractivity contribution in [2.45, 2.75) is 52.1 Å². The molecule has 2 nitrogen and oxygen atoms in total. The Hall–Kier alpha value is -0.0800. The quantitative estimate of drug-likeness (QED) is 0.560. The van der Waals surface area contributed by atoms with Crippen molar-refractivity contribution in [3.63, 3.8) is 0 Å². The fraction of sp³-hybridized carbons (Fsp3) is 1.00. The van der Waals surface area contributed by atoms with E-state index in [1.165, 1.54) is 25.7 Å². The molecule has 0 saturated carbocycles. The SMILES string of the molecule is CCCCCCOC(CC)CNC. The van der Waals surface area contributed by atoms with Crippen molar-refractivity contribution in [1.82, 2.24) is 5.32 Å². The average Bonchev–Trinajstić information content (AvgIpc) is 2.16. The monoisotopic (exact) mass is 187 g/mol. The predicted molar refractivity (Wildman–Crippen MR) is 58.1 cm³/mol. The molecule has 2 heteroatoms. The Morgan fingerprint density at radius 3 is 2.46 bits per heavy atom. The molecule has 1 unspecified atom stereocenters. The molecule has 1 atom stereocenters. The summed E-state index contributed by atoms with van der Waals surface area (Å²) in [4.78, 5) is 0. The van der Waals surface area contributed by atoms with E-state index >= 15 is 0 Å². The third kappa shape index (κ3) is 8.26. The van der Waals surface area contributed by atoms with Gasteiger partial charge in [0.2, 0.25) is 0 Å². The molecule has 0 aliphatic rings. The van der Waals surface area contributed by atoms with Crippen molar-refractivity contribution in [2.75, 3.05) is 20.2 Å². The van der Waals surface area contributed by atoms with Crippen LogP contribution in [-0.2, 0) is 4.74 Å². The summed E-state index contributed by atoms with van der Waals surface area (Å²) in [5, 5.41) is 3.15. The van der Waals surface area contributed by atoms with Gasteiger partial charge >= 0.3 is 0 Å². The van der Waals surface area contributed by atoms with E-state index in [2.05, 4.69) is 19.2 Å². The van der Waals surface area contributed by atoms with Crippen LogP contribution < -0.4 is 5.32 Å². The van der Waals surface area contributed by atoms with Crippen LogP contribution in [0.5, 0.6) is 0 Å². The van der Waals surface area contributed by atoms with Crippen LogP contribution >= 0.6 is 0 Å². The lowest BCUT2D eigenvalue weighted by Crippen LogP contribution is -2.26. The molecule has 80 valence electrons. The van der Waals surface area contributed by atoms with Crippen molar-refractivity contribution >= 4 is 0 Å². The van der Waals surface area contributed by atoms with Crippen LogP contribution in [0.2, 0.25) is 0 Å². The van der Waals surface area contributed by atoms with E-state index in [1.807, 2.05) is 7.05 Å². The Kier molecular flexibility index (Phi) is 9.94. The van der Waals surface area contributed by atoms with E-state index < -0.39 is 0 Å². The maximum absolute atomic E-state index is 5.72. The maximum Gasteiger partial charge on any atom is 0.0696 e. The molecule has 13 heavy (non-hydrogen) atoms. The maximum atomic E-state index is 5.72. The highest BCUT2D eigenvalue weighted by molar-refractivity contribution is 4.56. The molecule has 0 aliphatic carbocycles. The Morgan fingerprint density at radius 1 is 1.15 bits per heavy atom. The Morgan fingerprint density at radius 2 is 1.92 bits per heavy atom. The Balaban J connectivity index is 3.17. The molecular formula is C11H25NO. The number of nitrogens with one attached hydrogen (secondary N) is 1. The topological polar surface area (TPSA) is 21.3 Å². The van der Waals surface area contributed by atoms with Crippen LogP contribution in [0.3, 0.4) is 0 Å². The van der Waals surface area contributed by atoms with Crippen LogP contribution in [0.4, 0.5) is 0 Å². The van der Waals surface area contributed by atoms with Crippen LogP contribution in [0, 0.1) is 0 Å². The average molecular weight is 187 g/mol. The molecule has 0 rings (SSSR count). The van der Waals surface area contributed by atoms with Crippen LogP contribution in [0.25, 0.3) is 0 Å². The summed E-state index contributed by atoms with van der Waals surface area (Å²) in [5.41, 5.74) is 0. The summed E-state index contributed by atoms with van der Waals surface area (Å²) in [5.74, 6) is 0. The second-order valence-electron chi connectivity index (χ2n) is 3.52. The van der Waals surface area contributed by atoms with Crippen molar-refractivity contribution in [3.05, 3.63) is 0 Å². The molecule has 0 bridgehead atoms. The van der Waals surface area contributed by atoms with Gasteiger partial charge in [0.1, 0.15) is 0 Å². The summed E-state index contributed by atoms with van der Waals surface area (Å²) < 4.78 is 5.72. The van der Waals surface area contributed by atoms with E-state index in [0.717, 1.165) is 19.6 Å². The number of ether oxygens (including phenoxy) is 1. The van der Waals surface area contributed by atoms with Gasteiger partial charge in [-0.15, -0.1) is 0 Å². The lowest BCUT2D eigenvalue weighted by atomic mass is 10.2. The van der Waals surface area contributed by atoms with Crippen molar-refractivity contribution in [3.8, 4) is 0 Å². The number of hydrogen-bond acceptors (Lipinski definition) is 2. The second kappa shape index (κ2) is 10.0. The molecule has 0 aromatic carbocycles. The van der Waals surface area contributed by atoms with Gasteiger partial charge in [0, 0.05) is 13.2 Å². The molecule has 0 spiro atoms. The lowest BCUT2D eigenvalue weighted by molar-refractivity contribution is 0.0495. The van der Waals surface area contributed by atoms with Crippen LogP contribution in [0.1, 0.15) is 46.0 Å². The van der Waals surface area contributed by atoms with E-state index in [9.17, 15) is 0 Å². The zero-order valence-electron chi connectivity index (χ0n) is 9.44. The molecule has 0 aliphatic heterocycles. The minimum absolute atomic E-state index is 0.409. The molecule has 0 saturated heterocycles. The highest BCUT2D eigenvalue weighted by Gasteiger charge is 2.03. The zero-order valence-corrected chi connectivity index (χ0v) is 9.44. The Labute approximate surface area is 83.1 Å². The molecular weight excluding hydrogens is 162 g/mol. The van der Waals surface area contributed by atoms with Crippen molar-refractivity contribution < 1.29 is 4.74 Å². The van der Waals surface area contributed by atoms with Gasteiger partial charge in [-0.2, -0.15) is 0 Å². The van der Waals surface area contributed by atoms with E-state index in [1.54, 1.807) is 0 Å². The van der Waals surface area contributed by atoms with E-state index in [-0.39, 0.29) is 0 Å². The highest BCUT2D eigenvalue weighted by atomic mass is 16.5. The van der Waals surface area contributed by atoms with E-state index in [4.69, 9.17) is 4.74 Å². The molecule has 0 aromatic rings. The van der Waals surface area contributed by atoms with Gasteiger partial charge in [-0.05, 0) is 19.9 Å². The first kappa shape index (κ1) is 12.9.